The van der Waals surface area contributed by atoms with Crippen molar-refractivity contribution in [3.05, 3.63) is 79.9 Å². The second-order valence-corrected chi connectivity index (χ2v) is 9.36. The first-order valence-electron chi connectivity index (χ1n) is 9.82. The van der Waals surface area contributed by atoms with Gasteiger partial charge in [0.1, 0.15) is 24.4 Å². The Morgan fingerprint density at radius 3 is 2.29 bits per heavy atom. The van der Waals surface area contributed by atoms with Crippen LogP contribution in [-0.2, 0) is 20.9 Å². The van der Waals surface area contributed by atoms with E-state index in [2.05, 4.69) is 10.1 Å². The molecule has 0 spiro atoms. The van der Waals surface area contributed by atoms with Gasteiger partial charge in [0.15, 0.2) is 0 Å². The Hall–Kier alpha value is -4.00. The van der Waals surface area contributed by atoms with Crippen molar-refractivity contribution < 1.29 is 43.5 Å². The van der Waals surface area contributed by atoms with Crippen LogP contribution in [0.15, 0.2) is 48.5 Å². The second kappa shape index (κ2) is 11.9. The number of hydrogen-bond donors (Lipinski definition) is 3. The van der Waals surface area contributed by atoms with Crippen LogP contribution in [-0.4, -0.2) is 56.5 Å². The van der Waals surface area contributed by atoms with Crippen LogP contribution in [0.1, 0.15) is 22.3 Å². The minimum Gasteiger partial charge on any atom is -0.467 e. The summed E-state index contributed by atoms with van der Waals surface area (Å²) in [5.41, 5.74) is -3.15. The molecule has 0 bridgehead atoms. The molecule has 1 atom stereocenters. The first kappa shape index (κ1) is 27.2. The summed E-state index contributed by atoms with van der Waals surface area (Å²) < 4.78 is 9.58. The molecule has 15 heteroatoms. The highest BCUT2D eigenvalue weighted by Gasteiger charge is 2.48. The van der Waals surface area contributed by atoms with Crippen molar-refractivity contribution in [2.75, 3.05) is 13.3 Å². The lowest BCUT2D eigenvalue weighted by Crippen LogP contribution is -2.42. The molecule has 0 fully saturated rings. The number of hydrogen-bond acceptors (Lipinski definition) is 11. The third kappa shape index (κ3) is 7.50. The van der Waals surface area contributed by atoms with Gasteiger partial charge in [0, 0.05) is 12.5 Å². The smallest absolute Gasteiger partial charge is 0.408 e. The summed E-state index contributed by atoms with van der Waals surface area (Å²) in [4.78, 5) is 77.7. The molecule has 14 nitrogen and oxygen atoms in total. The Morgan fingerprint density at radius 1 is 1.06 bits per heavy atom. The first-order valence-corrected chi connectivity index (χ1v) is 11.7. The van der Waals surface area contributed by atoms with Gasteiger partial charge in [0.2, 0.25) is 0 Å². The van der Waals surface area contributed by atoms with Crippen molar-refractivity contribution in [2.45, 2.75) is 19.1 Å². The monoisotopic (exact) mass is 510 g/mol. The molecule has 0 unspecified atom stereocenters. The number of ether oxygens (including phenoxy) is 2. The number of carbonyl (C=O) groups excluding carboxylic acids is 3. The average molecular weight is 510 g/mol. The number of nitro benzene ring substituents is 2. The molecule has 186 valence electrons. The van der Waals surface area contributed by atoms with Gasteiger partial charge in [0.25, 0.3) is 11.4 Å². The maximum absolute atomic E-state index is 12.7. The van der Waals surface area contributed by atoms with Gasteiger partial charge >= 0.3 is 25.3 Å². The number of methoxy groups -OCH3 is 1. The molecule has 0 aromatic heterocycles. The minimum atomic E-state index is -4.58. The van der Waals surface area contributed by atoms with Crippen molar-refractivity contribution >= 4 is 36.7 Å². The van der Waals surface area contributed by atoms with E-state index < -0.39 is 70.7 Å². The molecule has 35 heavy (non-hydrogen) atoms. The summed E-state index contributed by atoms with van der Waals surface area (Å²) in [7, 11) is -3.56. The van der Waals surface area contributed by atoms with Gasteiger partial charge in [0.05, 0.1) is 23.0 Å². The van der Waals surface area contributed by atoms with Crippen molar-refractivity contribution in [3.63, 3.8) is 0 Å². The SMILES string of the molecule is COC(=O)[C@H](CC[P+](O)(O)C(=O)c1ccc([N+](=O)[O-])cc1[N+](=O)[O-])NC(=O)OCc1ccccc1. The van der Waals surface area contributed by atoms with Gasteiger partial charge in [-0.2, -0.15) is 0 Å². The molecule has 0 aliphatic carbocycles. The molecule has 1 amide bonds. The molecule has 0 aliphatic rings. The van der Waals surface area contributed by atoms with Crippen LogP contribution in [0.5, 0.6) is 0 Å². The molecule has 0 aliphatic heterocycles. The number of nitrogens with zero attached hydrogens (tertiary/aromatic N) is 2. The first-order chi connectivity index (χ1) is 16.5. The summed E-state index contributed by atoms with van der Waals surface area (Å²) in [6.07, 6.45) is -2.25. The number of amides is 1. The van der Waals surface area contributed by atoms with Gasteiger partial charge in [-0.05, 0) is 11.6 Å². The fraction of sp³-hybridized carbons (Fsp3) is 0.250. The summed E-state index contributed by atoms with van der Waals surface area (Å²) >= 11 is 0. The maximum Gasteiger partial charge on any atom is 0.408 e. The van der Waals surface area contributed by atoms with Crippen molar-refractivity contribution in [1.82, 2.24) is 5.32 Å². The highest BCUT2D eigenvalue weighted by molar-refractivity contribution is 7.81. The molecule has 3 N–H and O–H groups in total. The lowest BCUT2D eigenvalue weighted by Gasteiger charge is -2.17. The summed E-state index contributed by atoms with van der Waals surface area (Å²) in [5.74, 6) is -0.963. The van der Waals surface area contributed by atoms with Crippen molar-refractivity contribution in [3.8, 4) is 0 Å². The normalized spacial score (nSPS) is 11.7. The van der Waals surface area contributed by atoms with E-state index in [-0.39, 0.29) is 6.61 Å². The van der Waals surface area contributed by atoms with E-state index in [0.717, 1.165) is 19.2 Å². The number of alkyl carbamates (subject to hydrolysis) is 1. The largest absolute Gasteiger partial charge is 0.467 e. The summed E-state index contributed by atoms with van der Waals surface area (Å²) in [6.45, 7) is -0.111. The van der Waals surface area contributed by atoms with Crippen molar-refractivity contribution in [1.29, 1.82) is 0 Å². The molecule has 0 saturated heterocycles. The summed E-state index contributed by atoms with van der Waals surface area (Å²) in [5, 5.41) is 24.3. The third-order valence-corrected chi connectivity index (χ3v) is 6.44. The Balaban J connectivity index is 2.11. The Morgan fingerprint density at radius 2 is 1.71 bits per heavy atom. The van der Waals surface area contributed by atoms with Gasteiger partial charge in [-0.25, -0.2) is 24.2 Å². The number of rotatable bonds is 11. The van der Waals surface area contributed by atoms with Gasteiger partial charge in [-0.3, -0.25) is 20.2 Å². The van der Waals surface area contributed by atoms with Crippen LogP contribution >= 0.6 is 7.72 Å². The predicted octanol–water partition coefficient (Wildman–Crippen LogP) is 2.33. The lowest BCUT2D eigenvalue weighted by molar-refractivity contribution is -0.394. The number of nitrogens with one attached hydrogen (secondary N) is 1. The zero-order valence-corrected chi connectivity index (χ0v) is 19.1. The molecule has 2 rings (SSSR count). The van der Waals surface area contributed by atoms with E-state index >= 15 is 0 Å². The average Bonchev–Trinajstić information content (AvgIpc) is 2.84. The molecule has 0 heterocycles. The van der Waals surface area contributed by atoms with E-state index in [4.69, 9.17) is 4.74 Å². The molecule has 0 radical (unpaired) electrons. The Kier molecular flexibility index (Phi) is 9.28. The lowest BCUT2D eigenvalue weighted by atomic mass is 10.2. The fourth-order valence-corrected chi connectivity index (χ4v) is 4.26. The molecule has 0 saturated carbocycles. The standard InChI is InChI=1S/C20H20N3O11P/c1-33-18(24)16(21-20(26)34-12-13-5-3-2-4-6-13)9-10-35(31,32)19(25)15-8-7-14(22(27)28)11-17(15)23(29)30/h2-8,11,16,31-32H,9-10,12H2,1H3/p+1/t16-/m0/s1. The second-order valence-electron chi connectivity index (χ2n) is 7.05. The highest BCUT2D eigenvalue weighted by Crippen LogP contribution is 2.54. The van der Waals surface area contributed by atoms with Crippen molar-refractivity contribution in [2.24, 2.45) is 0 Å². The quantitative estimate of drug-likeness (QED) is 0.173. The molecular weight excluding hydrogens is 489 g/mol. The Bertz CT molecular complexity index is 1120. The molecule has 2 aromatic carbocycles. The maximum atomic E-state index is 12.7. The van der Waals surface area contributed by atoms with E-state index in [1.807, 2.05) is 0 Å². The number of non-ortho nitro benzene ring substituents is 1. The predicted molar refractivity (Wildman–Crippen MR) is 120 cm³/mol. The number of nitro groups is 2. The number of benzene rings is 2. The Labute approximate surface area is 198 Å². The third-order valence-electron chi connectivity index (χ3n) is 4.66. The highest BCUT2D eigenvalue weighted by atomic mass is 31.2. The fourth-order valence-electron chi connectivity index (χ4n) is 2.87. The van der Waals surface area contributed by atoms with Crippen LogP contribution in [0, 0.1) is 20.2 Å². The zero-order valence-electron chi connectivity index (χ0n) is 18.2. The van der Waals surface area contributed by atoms with E-state index in [1.165, 1.54) is 0 Å². The van der Waals surface area contributed by atoms with Crippen LogP contribution in [0.4, 0.5) is 16.2 Å². The molecular formula is C20H21N3O11P+. The van der Waals surface area contributed by atoms with Gasteiger partial charge in [-0.15, -0.1) is 0 Å². The van der Waals surface area contributed by atoms with E-state index in [9.17, 15) is 44.4 Å². The van der Waals surface area contributed by atoms with Crippen LogP contribution < -0.4 is 5.32 Å². The van der Waals surface area contributed by atoms with E-state index in [1.54, 1.807) is 30.3 Å². The summed E-state index contributed by atoms with van der Waals surface area (Å²) in [6, 6.07) is 9.27. The van der Waals surface area contributed by atoms with E-state index in [0.29, 0.717) is 11.6 Å². The minimum absolute atomic E-state index is 0.111. The zero-order chi connectivity index (χ0) is 26.2. The van der Waals surface area contributed by atoms with Crippen LogP contribution in [0.25, 0.3) is 0 Å². The number of esters is 1. The number of carbonyl (C=O) groups is 3. The molecule has 2 aromatic rings. The van der Waals surface area contributed by atoms with Crippen LogP contribution in [0.3, 0.4) is 0 Å². The van der Waals surface area contributed by atoms with Gasteiger partial charge < -0.3 is 14.8 Å². The topological polar surface area (TPSA) is 208 Å². The van der Waals surface area contributed by atoms with Crippen LogP contribution in [0.2, 0.25) is 0 Å². The van der Waals surface area contributed by atoms with Gasteiger partial charge in [-0.1, -0.05) is 30.3 Å².